The lowest BCUT2D eigenvalue weighted by atomic mass is 10.3. The highest BCUT2D eigenvalue weighted by molar-refractivity contribution is 7.80. The van der Waals surface area contributed by atoms with Gasteiger partial charge in [0.1, 0.15) is 0 Å². The van der Waals surface area contributed by atoms with Crippen molar-refractivity contribution in [2.24, 2.45) is 0 Å². The van der Waals surface area contributed by atoms with Crippen LogP contribution in [-0.2, 0) is 9.59 Å². The summed E-state index contributed by atoms with van der Waals surface area (Å²) in [6.07, 6.45) is 0.919. The molecule has 0 unspecified atom stereocenters. The van der Waals surface area contributed by atoms with Gasteiger partial charge in [0.25, 0.3) is 0 Å². The second kappa shape index (κ2) is 5.57. The number of hydrogen-bond donors (Lipinski definition) is 2. The Morgan fingerprint density at radius 1 is 0.889 bits per heavy atom. The third kappa shape index (κ3) is 3.14. The molecular formula is C10H14N4O2S2. The molecule has 0 aromatic heterocycles. The van der Waals surface area contributed by atoms with Crippen molar-refractivity contribution in [1.82, 2.24) is 20.4 Å². The summed E-state index contributed by atoms with van der Waals surface area (Å²) >= 11 is 10.2. The van der Waals surface area contributed by atoms with E-state index in [1.807, 2.05) is 9.80 Å². The predicted octanol–water partition coefficient (Wildman–Crippen LogP) is -0.800. The molecule has 8 heteroatoms. The molecule has 6 nitrogen and oxygen atoms in total. The summed E-state index contributed by atoms with van der Waals surface area (Å²) in [7, 11) is 0. The van der Waals surface area contributed by atoms with E-state index in [4.69, 9.17) is 24.4 Å². The van der Waals surface area contributed by atoms with Crippen molar-refractivity contribution in [3.63, 3.8) is 0 Å². The van der Waals surface area contributed by atoms with Gasteiger partial charge in [0.2, 0.25) is 11.8 Å². The summed E-state index contributed by atoms with van der Waals surface area (Å²) in [5.41, 5.74) is 0. The van der Waals surface area contributed by atoms with Gasteiger partial charge in [-0.3, -0.25) is 9.59 Å². The first kappa shape index (κ1) is 13.2. The number of carbonyl (C=O) groups excluding carboxylic acids is 2. The summed E-state index contributed by atoms with van der Waals surface area (Å²) in [5, 5.41) is 6.21. The fraction of sp³-hybridized carbons (Fsp3) is 0.600. The zero-order valence-corrected chi connectivity index (χ0v) is 11.4. The first-order valence-electron chi connectivity index (χ1n) is 5.74. The van der Waals surface area contributed by atoms with Crippen LogP contribution in [0.5, 0.6) is 0 Å². The zero-order chi connectivity index (χ0) is 13.1. The lowest BCUT2D eigenvalue weighted by Crippen LogP contribution is -2.54. The Kier molecular flexibility index (Phi) is 4.07. The minimum Gasteiger partial charge on any atom is -0.347 e. The molecule has 18 heavy (non-hydrogen) atoms. The third-order valence-corrected chi connectivity index (χ3v) is 3.65. The molecular weight excluding hydrogens is 272 g/mol. The van der Waals surface area contributed by atoms with Gasteiger partial charge in [0, 0.05) is 39.0 Å². The first-order valence-corrected chi connectivity index (χ1v) is 6.55. The third-order valence-electron chi connectivity index (χ3n) is 2.92. The average molecular weight is 286 g/mol. The van der Waals surface area contributed by atoms with Crippen molar-refractivity contribution >= 4 is 46.5 Å². The Morgan fingerprint density at radius 2 is 1.28 bits per heavy atom. The number of thiocarbonyl (C=S) groups is 2. The van der Waals surface area contributed by atoms with Gasteiger partial charge in [-0.15, -0.1) is 0 Å². The minimum atomic E-state index is -0.0305. The molecule has 2 heterocycles. The average Bonchev–Trinajstić information content (AvgIpc) is 2.30. The summed E-state index contributed by atoms with van der Waals surface area (Å²) in [5.74, 6) is -0.0611. The molecule has 0 radical (unpaired) electrons. The molecule has 0 saturated carbocycles. The lowest BCUT2D eigenvalue weighted by Gasteiger charge is -2.34. The van der Waals surface area contributed by atoms with E-state index in [2.05, 4.69) is 10.6 Å². The Bertz CT molecular complexity index is 375. The van der Waals surface area contributed by atoms with Crippen molar-refractivity contribution in [2.45, 2.75) is 12.8 Å². The van der Waals surface area contributed by atoms with Crippen LogP contribution < -0.4 is 10.6 Å². The predicted molar refractivity (Wildman–Crippen MR) is 73.9 cm³/mol. The molecule has 2 aliphatic rings. The van der Waals surface area contributed by atoms with Crippen molar-refractivity contribution in [2.75, 3.05) is 26.2 Å². The van der Waals surface area contributed by atoms with Crippen molar-refractivity contribution in [1.29, 1.82) is 0 Å². The van der Waals surface area contributed by atoms with Crippen LogP contribution >= 0.6 is 24.4 Å². The van der Waals surface area contributed by atoms with Crippen LogP contribution in [-0.4, -0.2) is 58.0 Å². The van der Waals surface area contributed by atoms with Gasteiger partial charge in [-0.1, -0.05) is 0 Å². The molecule has 2 rings (SSSR count). The molecule has 0 atom stereocenters. The maximum absolute atomic E-state index is 11.1. The SMILES string of the molecule is O=C1CCN(CCN2CCC(=O)NC2=S)C(=S)N1. The summed E-state index contributed by atoms with van der Waals surface area (Å²) < 4.78 is 0. The van der Waals surface area contributed by atoms with E-state index < -0.39 is 0 Å². The number of carbonyl (C=O) groups is 2. The number of nitrogens with one attached hydrogen (secondary N) is 2. The van der Waals surface area contributed by atoms with Crippen LogP contribution in [0.25, 0.3) is 0 Å². The minimum absolute atomic E-state index is 0.0305. The Hall–Kier alpha value is -1.28. The molecule has 2 amide bonds. The van der Waals surface area contributed by atoms with Gasteiger partial charge in [0.15, 0.2) is 10.2 Å². The second-order valence-electron chi connectivity index (χ2n) is 4.18. The fourth-order valence-electron chi connectivity index (χ4n) is 1.87. The van der Waals surface area contributed by atoms with E-state index in [1.54, 1.807) is 0 Å². The van der Waals surface area contributed by atoms with Crippen molar-refractivity contribution in [3.8, 4) is 0 Å². The zero-order valence-electron chi connectivity index (χ0n) is 9.77. The summed E-state index contributed by atoms with van der Waals surface area (Å²) in [4.78, 5) is 26.1. The van der Waals surface area contributed by atoms with Gasteiger partial charge in [0.05, 0.1) is 0 Å². The maximum atomic E-state index is 11.1. The molecule has 0 aromatic carbocycles. The fourth-order valence-corrected chi connectivity index (χ4v) is 2.46. The highest BCUT2D eigenvalue weighted by atomic mass is 32.1. The van der Waals surface area contributed by atoms with Crippen molar-refractivity contribution < 1.29 is 9.59 Å². The van der Waals surface area contributed by atoms with E-state index in [9.17, 15) is 9.59 Å². The number of rotatable bonds is 3. The highest BCUT2D eigenvalue weighted by Crippen LogP contribution is 2.04. The number of nitrogens with zero attached hydrogens (tertiary/aromatic N) is 2. The van der Waals surface area contributed by atoms with Gasteiger partial charge >= 0.3 is 0 Å². The number of hydrogen-bond acceptors (Lipinski definition) is 4. The Morgan fingerprint density at radius 3 is 1.61 bits per heavy atom. The van der Waals surface area contributed by atoms with E-state index in [0.717, 1.165) is 0 Å². The Balaban J connectivity index is 1.81. The van der Waals surface area contributed by atoms with E-state index in [0.29, 0.717) is 49.2 Å². The van der Waals surface area contributed by atoms with Gasteiger partial charge < -0.3 is 20.4 Å². The molecule has 2 aliphatic heterocycles. The summed E-state index contributed by atoms with van der Waals surface area (Å²) in [6.45, 7) is 2.65. The quantitative estimate of drug-likeness (QED) is 0.662. The van der Waals surface area contributed by atoms with Crippen LogP contribution in [0.3, 0.4) is 0 Å². The van der Waals surface area contributed by atoms with Gasteiger partial charge in [-0.05, 0) is 24.4 Å². The van der Waals surface area contributed by atoms with Crippen LogP contribution in [0.2, 0.25) is 0 Å². The van der Waals surface area contributed by atoms with Crippen LogP contribution in [0.4, 0.5) is 0 Å². The van der Waals surface area contributed by atoms with Crippen LogP contribution in [0.1, 0.15) is 12.8 Å². The molecule has 98 valence electrons. The smallest absolute Gasteiger partial charge is 0.227 e. The lowest BCUT2D eigenvalue weighted by molar-refractivity contribution is -0.121. The topological polar surface area (TPSA) is 64.7 Å². The Labute approximate surface area is 116 Å². The maximum Gasteiger partial charge on any atom is 0.227 e. The molecule has 2 N–H and O–H groups in total. The molecule has 0 bridgehead atoms. The standard InChI is InChI=1S/C10H14N4O2S2/c15-7-1-3-13(9(17)11-7)5-6-14-4-2-8(16)12-10(14)18/h1-6H2,(H,11,15,17)(H,12,16,18). The molecule has 2 saturated heterocycles. The van der Waals surface area contributed by atoms with Gasteiger partial charge in [-0.2, -0.15) is 0 Å². The molecule has 0 aromatic rings. The second-order valence-corrected chi connectivity index (χ2v) is 4.95. The number of amides is 2. The van der Waals surface area contributed by atoms with E-state index in [1.165, 1.54) is 0 Å². The first-order chi connectivity index (χ1) is 8.56. The van der Waals surface area contributed by atoms with Gasteiger partial charge in [-0.25, -0.2) is 0 Å². The summed E-state index contributed by atoms with van der Waals surface area (Å²) in [6, 6.07) is 0. The molecule has 0 spiro atoms. The largest absolute Gasteiger partial charge is 0.347 e. The molecule has 2 fully saturated rings. The monoisotopic (exact) mass is 286 g/mol. The molecule has 0 aliphatic carbocycles. The van der Waals surface area contributed by atoms with E-state index >= 15 is 0 Å². The van der Waals surface area contributed by atoms with Crippen LogP contribution in [0, 0.1) is 0 Å². The highest BCUT2D eigenvalue weighted by Gasteiger charge is 2.23. The van der Waals surface area contributed by atoms with Crippen LogP contribution in [0.15, 0.2) is 0 Å². The van der Waals surface area contributed by atoms with Crippen molar-refractivity contribution in [3.05, 3.63) is 0 Å². The normalized spacial score (nSPS) is 20.9. The van der Waals surface area contributed by atoms with E-state index in [-0.39, 0.29) is 11.8 Å².